The van der Waals surface area contributed by atoms with Gasteiger partial charge in [-0.25, -0.2) is 14.8 Å². The Morgan fingerprint density at radius 3 is 2.85 bits per heavy atom. The van der Waals surface area contributed by atoms with Crippen molar-refractivity contribution in [3.8, 4) is 5.75 Å². The van der Waals surface area contributed by atoms with Gasteiger partial charge in [0.05, 0.1) is 0 Å². The molecule has 140 valence electrons. The molecule has 8 heteroatoms. The van der Waals surface area contributed by atoms with E-state index >= 15 is 0 Å². The molecule has 1 fully saturated rings. The average molecular weight is 443 g/mol. The summed E-state index contributed by atoms with van der Waals surface area (Å²) in [5.74, 6) is 0.563. The van der Waals surface area contributed by atoms with Gasteiger partial charge in [0, 0.05) is 29.0 Å². The maximum atomic E-state index is 12.6. The zero-order valence-electron chi connectivity index (χ0n) is 15.0. The third-order valence-corrected chi connectivity index (χ3v) is 4.84. The predicted molar refractivity (Wildman–Crippen MR) is 103 cm³/mol. The largest absolute Gasteiger partial charge is 0.468 e. The van der Waals surface area contributed by atoms with Crippen molar-refractivity contribution in [1.29, 1.82) is 0 Å². The number of likely N-dealkylation sites (tertiary alicyclic amines) is 1. The number of rotatable bonds is 2. The van der Waals surface area contributed by atoms with E-state index in [2.05, 4.69) is 25.9 Å². The molecule has 1 unspecified atom stereocenters. The van der Waals surface area contributed by atoms with Gasteiger partial charge in [-0.15, -0.1) is 0 Å². The van der Waals surface area contributed by atoms with Crippen LogP contribution in [0.5, 0.6) is 5.75 Å². The number of hydrogen-bond acceptors (Lipinski definition) is 5. The molecule has 26 heavy (non-hydrogen) atoms. The first kappa shape index (κ1) is 19.2. The van der Waals surface area contributed by atoms with E-state index in [4.69, 9.17) is 21.1 Å². The van der Waals surface area contributed by atoms with Gasteiger partial charge >= 0.3 is 6.09 Å². The summed E-state index contributed by atoms with van der Waals surface area (Å²) in [6.45, 7) is 6.16. The lowest BCUT2D eigenvalue weighted by molar-refractivity contribution is -0.0337. The van der Waals surface area contributed by atoms with Crippen molar-refractivity contribution < 1.29 is 14.3 Å². The number of nitrogens with zero attached hydrogens (tertiary/aromatic N) is 3. The second-order valence-corrected chi connectivity index (χ2v) is 8.38. The molecule has 1 aromatic heterocycles. The Bertz CT molecular complexity index is 825. The van der Waals surface area contributed by atoms with Gasteiger partial charge in [0.25, 0.3) is 0 Å². The molecule has 0 aliphatic carbocycles. The lowest BCUT2D eigenvalue weighted by atomic mass is 10.1. The number of piperidine rings is 1. The monoisotopic (exact) mass is 441 g/mol. The number of hydrogen-bond donors (Lipinski definition) is 0. The van der Waals surface area contributed by atoms with E-state index in [9.17, 15) is 4.79 Å². The van der Waals surface area contributed by atoms with Crippen LogP contribution in [-0.4, -0.2) is 39.3 Å². The number of ether oxygens (including phenoxy) is 2. The maximum absolute atomic E-state index is 12.6. The first-order valence-corrected chi connectivity index (χ1v) is 9.69. The zero-order valence-corrected chi connectivity index (χ0v) is 17.3. The summed E-state index contributed by atoms with van der Waals surface area (Å²) in [6.07, 6.45) is 3.51. The van der Waals surface area contributed by atoms with Crippen LogP contribution in [0.25, 0.3) is 10.9 Å². The minimum Gasteiger partial charge on any atom is -0.468 e. The molecule has 1 aliphatic rings. The third kappa shape index (κ3) is 4.38. The second kappa shape index (κ2) is 7.56. The number of halogens is 2. The molecule has 6 nitrogen and oxygen atoms in total. The highest BCUT2D eigenvalue weighted by Crippen LogP contribution is 2.33. The Morgan fingerprint density at radius 2 is 2.12 bits per heavy atom. The Hall–Kier alpha value is -1.60. The molecule has 2 aromatic rings. The molecular weight excluding hydrogens is 422 g/mol. The lowest BCUT2D eigenvalue weighted by Crippen LogP contribution is -2.48. The molecule has 1 aliphatic heterocycles. The van der Waals surface area contributed by atoms with E-state index in [0.717, 1.165) is 29.1 Å². The summed E-state index contributed by atoms with van der Waals surface area (Å²) in [7, 11) is 0. The minimum absolute atomic E-state index is 0.146. The maximum Gasteiger partial charge on any atom is 0.413 e. The van der Waals surface area contributed by atoms with E-state index < -0.39 is 11.8 Å². The van der Waals surface area contributed by atoms with Crippen molar-refractivity contribution in [2.45, 2.75) is 51.9 Å². The average Bonchev–Trinajstić information content (AvgIpc) is 2.56. The summed E-state index contributed by atoms with van der Waals surface area (Å²) in [5.41, 5.74) is 0.0542. The van der Waals surface area contributed by atoms with E-state index in [1.807, 2.05) is 32.9 Å². The fraction of sp³-hybridized carbons (Fsp3) is 0.500. The van der Waals surface area contributed by atoms with Gasteiger partial charge in [-0.1, -0.05) is 15.9 Å². The molecule has 0 spiro atoms. The molecule has 1 saturated heterocycles. The van der Waals surface area contributed by atoms with Crippen LogP contribution in [0.4, 0.5) is 4.79 Å². The van der Waals surface area contributed by atoms with Gasteiger partial charge in [-0.3, -0.25) is 4.90 Å². The van der Waals surface area contributed by atoms with Gasteiger partial charge in [0.2, 0.25) is 5.28 Å². The van der Waals surface area contributed by atoms with Gasteiger partial charge in [-0.2, -0.15) is 0 Å². The van der Waals surface area contributed by atoms with Gasteiger partial charge in [0.15, 0.2) is 6.23 Å². The van der Waals surface area contributed by atoms with Crippen molar-refractivity contribution in [2.24, 2.45) is 0 Å². The predicted octanol–water partition coefficient (Wildman–Crippen LogP) is 5.17. The second-order valence-electron chi connectivity index (χ2n) is 7.19. The smallest absolute Gasteiger partial charge is 0.413 e. The van der Waals surface area contributed by atoms with Crippen molar-refractivity contribution in [3.63, 3.8) is 0 Å². The minimum atomic E-state index is -0.551. The van der Waals surface area contributed by atoms with Crippen LogP contribution in [0.3, 0.4) is 0 Å². The van der Waals surface area contributed by atoms with Crippen molar-refractivity contribution in [1.82, 2.24) is 14.9 Å². The highest BCUT2D eigenvalue weighted by atomic mass is 79.9. The van der Waals surface area contributed by atoms with E-state index in [1.165, 1.54) is 0 Å². The number of carbonyl (C=O) groups is 1. The van der Waals surface area contributed by atoms with Crippen LogP contribution in [0, 0.1) is 0 Å². The Morgan fingerprint density at radius 1 is 1.35 bits per heavy atom. The summed E-state index contributed by atoms with van der Waals surface area (Å²) in [6, 6.07) is 3.69. The summed E-state index contributed by atoms with van der Waals surface area (Å²) in [4.78, 5) is 22.5. The molecule has 1 amide bonds. The van der Waals surface area contributed by atoms with Crippen LogP contribution in [0.1, 0.15) is 40.0 Å². The number of benzene rings is 1. The normalized spacial score (nSPS) is 18.0. The highest BCUT2D eigenvalue weighted by molar-refractivity contribution is 9.10. The van der Waals surface area contributed by atoms with Crippen LogP contribution in [-0.2, 0) is 4.74 Å². The number of fused-ring (bicyclic) bond motifs is 1. The van der Waals surface area contributed by atoms with Crippen molar-refractivity contribution in [2.75, 3.05) is 6.54 Å². The van der Waals surface area contributed by atoms with Crippen molar-refractivity contribution >= 4 is 44.5 Å². The Kier molecular flexibility index (Phi) is 5.58. The summed E-state index contributed by atoms with van der Waals surface area (Å²) < 4.78 is 12.6. The SMILES string of the molecule is CC(C)(C)OC(=O)N1CCCCC1Oc1ccc(Br)c2cnc(Cl)nc12. The lowest BCUT2D eigenvalue weighted by Gasteiger charge is -2.36. The van der Waals surface area contributed by atoms with Crippen molar-refractivity contribution in [3.05, 3.63) is 28.1 Å². The van der Waals surface area contributed by atoms with Gasteiger partial charge in [0.1, 0.15) is 16.9 Å². The first-order valence-electron chi connectivity index (χ1n) is 8.51. The van der Waals surface area contributed by atoms with E-state index in [1.54, 1.807) is 11.1 Å². The summed E-state index contributed by atoms with van der Waals surface area (Å²) in [5, 5.41) is 0.944. The van der Waals surface area contributed by atoms with Crippen LogP contribution in [0.15, 0.2) is 22.8 Å². The standard InChI is InChI=1S/C18H21BrClN3O3/c1-18(2,3)26-17(24)23-9-5-4-6-14(23)25-13-8-7-12(19)11-10-21-16(20)22-15(11)13/h7-8,10,14H,4-6,9H2,1-3H3. The van der Waals surface area contributed by atoms with Gasteiger partial charge in [-0.05, 0) is 57.3 Å². The Labute approximate surface area is 166 Å². The molecule has 0 radical (unpaired) electrons. The Balaban J connectivity index is 1.89. The third-order valence-electron chi connectivity index (χ3n) is 3.97. The highest BCUT2D eigenvalue weighted by Gasteiger charge is 2.32. The number of amides is 1. The van der Waals surface area contributed by atoms with Gasteiger partial charge < -0.3 is 9.47 Å². The fourth-order valence-electron chi connectivity index (χ4n) is 2.84. The molecule has 0 bridgehead atoms. The molecule has 1 aromatic carbocycles. The fourth-order valence-corrected chi connectivity index (χ4v) is 3.39. The first-order chi connectivity index (χ1) is 12.2. The molecule has 2 heterocycles. The van der Waals surface area contributed by atoms with E-state index in [-0.39, 0.29) is 11.4 Å². The van der Waals surface area contributed by atoms with Crippen LogP contribution >= 0.6 is 27.5 Å². The van der Waals surface area contributed by atoms with E-state index in [0.29, 0.717) is 17.8 Å². The molecule has 0 N–H and O–H groups in total. The molecule has 3 rings (SSSR count). The topological polar surface area (TPSA) is 64.5 Å². The zero-order chi connectivity index (χ0) is 18.9. The van der Waals surface area contributed by atoms with Crippen LogP contribution in [0.2, 0.25) is 5.28 Å². The molecule has 0 saturated carbocycles. The number of carbonyl (C=O) groups excluding carboxylic acids is 1. The number of aromatic nitrogens is 2. The summed E-state index contributed by atoms with van der Waals surface area (Å²) >= 11 is 9.45. The molecular formula is C18H21BrClN3O3. The van der Waals surface area contributed by atoms with Crippen LogP contribution < -0.4 is 4.74 Å². The molecule has 1 atom stereocenters. The quantitative estimate of drug-likeness (QED) is 0.600.